The molecule has 1 aromatic carbocycles. The van der Waals surface area contributed by atoms with Crippen molar-refractivity contribution in [2.45, 2.75) is 17.9 Å². The van der Waals surface area contributed by atoms with Crippen LogP contribution < -0.4 is 5.32 Å². The first-order chi connectivity index (χ1) is 9.95. The summed E-state index contributed by atoms with van der Waals surface area (Å²) in [7, 11) is -2.09. The highest BCUT2D eigenvalue weighted by atomic mass is 32.2. The molecule has 114 valence electrons. The van der Waals surface area contributed by atoms with E-state index < -0.39 is 10.0 Å². The number of nitrogens with one attached hydrogen (secondary N) is 1. The highest BCUT2D eigenvalue weighted by molar-refractivity contribution is 7.89. The fourth-order valence-corrected chi connectivity index (χ4v) is 3.69. The summed E-state index contributed by atoms with van der Waals surface area (Å²) in [6.45, 7) is 4.01. The monoisotopic (exact) mass is 309 g/mol. The lowest BCUT2D eigenvalue weighted by atomic mass is 10.2. The van der Waals surface area contributed by atoms with E-state index in [2.05, 4.69) is 5.32 Å². The molecule has 1 aromatic rings. The first-order valence-corrected chi connectivity index (χ1v) is 8.18. The zero-order chi connectivity index (χ0) is 15.5. The van der Waals surface area contributed by atoms with Crippen LogP contribution in [0.4, 0.5) is 0 Å². The van der Waals surface area contributed by atoms with Crippen LogP contribution in [0, 0.1) is 18.3 Å². The van der Waals surface area contributed by atoms with Gasteiger partial charge in [0.2, 0.25) is 10.0 Å². The number of hydrogen-bond acceptors (Lipinski definition) is 5. The Balaban J connectivity index is 2.22. The second-order valence-electron chi connectivity index (χ2n) is 5.07. The fourth-order valence-electron chi connectivity index (χ4n) is 2.24. The Labute approximate surface area is 125 Å². The Morgan fingerprint density at radius 1 is 1.52 bits per heavy atom. The molecule has 0 radical (unpaired) electrons. The number of likely N-dealkylation sites (N-methyl/N-ethyl adjacent to an activating group) is 1. The van der Waals surface area contributed by atoms with Gasteiger partial charge in [0.05, 0.1) is 29.2 Å². The maximum atomic E-state index is 12.6. The highest BCUT2D eigenvalue weighted by Crippen LogP contribution is 2.20. The first kappa shape index (κ1) is 15.9. The Bertz CT molecular complexity index is 646. The molecule has 21 heavy (non-hydrogen) atoms. The number of morpholine rings is 1. The third-order valence-electron chi connectivity index (χ3n) is 3.47. The highest BCUT2D eigenvalue weighted by Gasteiger charge is 2.26. The summed E-state index contributed by atoms with van der Waals surface area (Å²) in [6.07, 6.45) is -0.155. The van der Waals surface area contributed by atoms with Gasteiger partial charge in [0.25, 0.3) is 0 Å². The second kappa shape index (κ2) is 6.54. The van der Waals surface area contributed by atoms with E-state index in [4.69, 9.17) is 10.00 Å². The van der Waals surface area contributed by atoms with Crippen molar-refractivity contribution in [3.63, 3.8) is 0 Å². The Morgan fingerprint density at radius 3 is 2.90 bits per heavy atom. The molecule has 0 saturated carbocycles. The van der Waals surface area contributed by atoms with Crippen LogP contribution in [0.15, 0.2) is 23.1 Å². The van der Waals surface area contributed by atoms with Crippen LogP contribution in [-0.2, 0) is 14.8 Å². The van der Waals surface area contributed by atoms with Gasteiger partial charge < -0.3 is 10.1 Å². The van der Waals surface area contributed by atoms with Crippen LogP contribution in [0.3, 0.4) is 0 Å². The van der Waals surface area contributed by atoms with E-state index in [-0.39, 0.29) is 17.5 Å². The minimum Gasteiger partial charge on any atom is -0.374 e. The van der Waals surface area contributed by atoms with Gasteiger partial charge >= 0.3 is 0 Å². The van der Waals surface area contributed by atoms with Gasteiger partial charge in [-0.1, -0.05) is 6.07 Å². The first-order valence-electron chi connectivity index (χ1n) is 6.74. The standard InChI is InChI=1S/C14H19N3O3S/c1-11-3-4-12(8-15)7-14(11)21(18,19)17(2)10-13-9-16-5-6-20-13/h3-4,7,13,16H,5-6,9-10H2,1-2H3. The molecular formula is C14H19N3O3S. The predicted molar refractivity (Wildman–Crippen MR) is 78.3 cm³/mol. The van der Waals surface area contributed by atoms with Crippen molar-refractivity contribution in [1.29, 1.82) is 5.26 Å². The molecule has 1 aliphatic rings. The van der Waals surface area contributed by atoms with Crippen molar-refractivity contribution in [3.8, 4) is 6.07 Å². The Morgan fingerprint density at radius 2 is 2.29 bits per heavy atom. The molecule has 1 N–H and O–H groups in total. The third-order valence-corrected chi connectivity index (χ3v) is 5.44. The zero-order valence-corrected chi connectivity index (χ0v) is 13.0. The van der Waals surface area contributed by atoms with Gasteiger partial charge in [0.1, 0.15) is 0 Å². The average Bonchev–Trinajstić information content (AvgIpc) is 2.48. The number of rotatable bonds is 4. The lowest BCUT2D eigenvalue weighted by Crippen LogP contribution is -2.45. The maximum absolute atomic E-state index is 12.6. The number of nitrogens with zero attached hydrogens (tertiary/aromatic N) is 2. The number of aryl methyl sites for hydroxylation is 1. The van der Waals surface area contributed by atoms with Gasteiger partial charge in [0.15, 0.2) is 0 Å². The van der Waals surface area contributed by atoms with E-state index in [9.17, 15) is 8.42 Å². The van der Waals surface area contributed by atoms with Crippen LogP contribution in [0.5, 0.6) is 0 Å². The molecule has 1 saturated heterocycles. The van der Waals surface area contributed by atoms with Crippen LogP contribution in [-0.4, -0.2) is 52.1 Å². The number of nitriles is 1. The van der Waals surface area contributed by atoms with Crippen molar-refractivity contribution in [2.24, 2.45) is 0 Å². The molecule has 0 spiro atoms. The smallest absolute Gasteiger partial charge is 0.243 e. The lowest BCUT2D eigenvalue weighted by molar-refractivity contribution is 0.0206. The quantitative estimate of drug-likeness (QED) is 0.874. The van der Waals surface area contributed by atoms with Gasteiger partial charge in [-0.05, 0) is 24.6 Å². The number of hydrogen-bond donors (Lipinski definition) is 1. The van der Waals surface area contributed by atoms with Crippen molar-refractivity contribution in [1.82, 2.24) is 9.62 Å². The maximum Gasteiger partial charge on any atom is 0.243 e. The summed E-state index contributed by atoms with van der Waals surface area (Å²) in [5, 5.41) is 12.1. The minimum absolute atomic E-state index is 0.155. The molecule has 1 unspecified atom stereocenters. The van der Waals surface area contributed by atoms with E-state index in [0.717, 1.165) is 6.54 Å². The van der Waals surface area contributed by atoms with E-state index in [0.29, 0.717) is 24.3 Å². The summed E-state index contributed by atoms with van der Waals surface area (Å²) < 4.78 is 32.1. The number of sulfonamides is 1. The largest absolute Gasteiger partial charge is 0.374 e. The van der Waals surface area contributed by atoms with Crippen LogP contribution in [0.2, 0.25) is 0 Å². The van der Waals surface area contributed by atoms with Crippen molar-refractivity contribution in [3.05, 3.63) is 29.3 Å². The molecule has 2 rings (SSSR count). The number of benzene rings is 1. The van der Waals surface area contributed by atoms with Gasteiger partial charge in [-0.15, -0.1) is 0 Å². The molecule has 0 amide bonds. The SMILES string of the molecule is Cc1ccc(C#N)cc1S(=O)(=O)N(C)CC1CNCCO1. The van der Waals surface area contributed by atoms with Crippen molar-refractivity contribution >= 4 is 10.0 Å². The zero-order valence-electron chi connectivity index (χ0n) is 12.2. The third kappa shape index (κ3) is 3.60. The predicted octanol–water partition coefficient (Wildman–Crippen LogP) is 0.476. The van der Waals surface area contributed by atoms with E-state index in [1.807, 2.05) is 6.07 Å². The van der Waals surface area contributed by atoms with E-state index in [1.54, 1.807) is 19.1 Å². The molecular weight excluding hydrogens is 290 g/mol. The summed E-state index contributed by atoms with van der Waals surface area (Å²) in [5.41, 5.74) is 0.965. The van der Waals surface area contributed by atoms with Crippen LogP contribution in [0.25, 0.3) is 0 Å². The summed E-state index contributed by atoms with van der Waals surface area (Å²) in [6, 6.07) is 6.65. The van der Waals surface area contributed by atoms with Crippen molar-refractivity contribution < 1.29 is 13.2 Å². The fraction of sp³-hybridized carbons (Fsp3) is 0.500. The molecule has 0 aliphatic carbocycles. The number of ether oxygens (including phenoxy) is 1. The normalized spacial score (nSPS) is 19.4. The molecule has 1 atom stereocenters. The van der Waals surface area contributed by atoms with Gasteiger partial charge in [0, 0.05) is 26.7 Å². The summed E-state index contributed by atoms with van der Waals surface area (Å²) in [5.74, 6) is 0. The van der Waals surface area contributed by atoms with E-state index >= 15 is 0 Å². The second-order valence-corrected chi connectivity index (χ2v) is 7.09. The minimum atomic E-state index is -3.63. The molecule has 7 heteroatoms. The van der Waals surface area contributed by atoms with Crippen LogP contribution in [0.1, 0.15) is 11.1 Å². The van der Waals surface area contributed by atoms with Crippen LogP contribution >= 0.6 is 0 Å². The lowest BCUT2D eigenvalue weighted by Gasteiger charge is -2.28. The topological polar surface area (TPSA) is 82.4 Å². The van der Waals surface area contributed by atoms with E-state index in [1.165, 1.54) is 17.4 Å². The van der Waals surface area contributed by atoms with Gasteiger partial charge in [-0.25, -0.2) is 8.42 Å². The molecule has 1 heterocycles. The van der Waals surface area contributed by atoms with Gasteiger partial charge in [-0.3, -0.25) is 0 Å². The Kier molecular flexibility index (Phi) is 4.96. The van der Waals surface area contributed by atoms with Crippen molar-refractivity contribution in [2.75, 3.05) is 33.3 Å². The summed E-state index contributed by atoms with van der Waals surface area (Å²) >= 11 is 0. The van der Waals surface area contributed by atoms with Gasteiger partial charge in [-0.2, -0.15) is 9.57 Å². The molecule has 0 bridgehead atoms. The summed E-state index contributed by atoms with van der Waals surface area (Å²) in [4.78, 5) is 0.174. The average molecular weight is 309 g/mol. The molecule has 1 fully saturated rings. The molecule has 1 aliphatic heterocycles. The Hall–Kier alpha value is -1.46. The molecule has 6 nitrogen and oxygen atoms in total. The molecule has 0 aromatic heterocycles.